The van der Waals surface area contributed by atoms with Crippen molar-refractivity contribution in [2.45, 2.75) is 50.6 Å². The molecule has 0 aromatic heterocycles. The predicted octanol–water partition coefficient (Wildman–Crippen LogP) is 7.07. The maximum Gasteiger partial charge on any atom is 0.416 e. The van der Waals surface area contributed by atoms with Gasteiger partial charge in [0.2, 0.25) is 23.6 Å². The molecule has 8 nitrogen and oxygen atoms in total. The van der Waals surface area contributed by atoms with Crippen LogP contribution in [-0.2, 0) is 63.8 Å². The lowest BCUT2D eigenvalue weighted by molar-refractivity contribution is -0.143. The van der Waals surface area contributed by atoms with Crippen molar-refractivity contribution in [2.24, 2.45) is 0 Å². The number of fused-ring (bicyclic) bond motifs is 2. The van der Waals surface area contributed by atoms with Gasteiger partial charge in [0.05, 0.1) is 40.7 Å². The number of rotatable bonds is 8. The van der Waals surface area contributed by atoms with Crippen molar-refractivity contribution in [3.63, 3.8) is 0 Å². The third kappa shape index (κ3) is 12.0. The van der Waals surface area contributed by atoms with Gasteiger partial charge in [-0.05, 0) is 71.0 Å². The van der Waals surface area contributed by atoms with E-state index < -0.39 is 66.2 Å². The molecule has 1 atom stereocenters. The molecule has 0 radical (unpaired) electrons. The highest BCUT2D eigenvalue weighted by atomic mass is 35.5. The fourth-order valence-electron chi connectivity index (χ4n) is 6.15. The summed E-state index contributed by atoms with van der Waals surface area (Å²) in [5.74, 6) is -2.57. The molecule has 16 heteroatoms. The van der Waals surface area contributed by atoms with E-state index in [-0.39, 0.29) is 60.9 Å². The van der Waals surface area contributed by atoms with Gasteiger partial charge in [-0.2, -0.15) is 26.3 Å². The van der Waals surface area contributed by atoms with Crippen LogP contribution in [0.4, 0.5) is 26.3 Å². The highest BCUT2D eigenvalue weighted by molar-refractivity contribution is 6.42. The number of nitrogens with zero attached hydrogens (tertiary/aromatic N) is 2. The zero-order valence-corrected chi connectivity index (χ0v) is 31.2. The van der Waals surface area contributed by atoms with E-state index in [1.54, 1.807) is 30.3 Å². The van der Waals surface area contributed by atoms with Gasteiger partial charge in [-0.1, -0.05) is 83.9 Å². The molecule has 56 heavy (non-hydrogen) atoms. The first-order valence-electron chi connectivity index (χ1n) is 17.4. The molecule has 1 heterocycles. The zero-order chi connectivity index (χ0) is 40.6. The predicted molar refractivity (Wildman–Crippen MR) is 198 cm³/mol. The van der Waals surface area contributed by atoms with Crippen molar-refractivity contribution < 1.29 is 45.5 Å². The molecule has 5 rings (SSSR count). The van der Waals surface area contributed by atoms with Crippen molar-refractivity contribution in [3.8, 4) is 0 Å². The molecule has 1 aliphatic rings. The lowest BCUT2D eigenvalue weighted by atomic mass is 10.0. The Labute approximate surface area is 328 Å². The van der Waals surface area contributed by atoms with Crippen LogP contribution in [0.3, 0.4) is 0 Å². The summed E-state index contributed by atoms with van der Waals surface area (Å²) in [6, 6.07) is 19.1. The lowest BCUT2D eigenvalue weighted by Crippen LogP contribution is -2.54. The van der Waals surface area contributed by atoms with Crippen molar-refractivity contribution in [1.29, 1.82) is 0 Å². The van der Waals surface area contributed by atoms with Gasteiger partial charge >= 0.3 is 12.4 Å². The first kappa shape index (κ1) is 42.1. The second-order valence-corrected chi connectivity index (χ2v) is 14.1. The summed E-state index contributed by atoms with van der Waals surface area (Å²) < 4.78 is 80.1. The van der Waals surface area contributed by atoms with E-state index in [1.165, 1.54) is 36.4 Å². The van der Waals surface area contributed by atoms with E-state index in [9.17, 15) is 45.5 Å². The molecule has 1 aliphatic heterocycles. The van der Waals surface area contributed by atoms with Crippen LogP contribution in [0, 0.1) is 0 Å². The quantitative estimate of drug-likeness (QED) is 0.186. The van der Waals surface area contributed by atoms with Crippen LogP contribution in [0.25, 0.3) is 0 Å². The van der Waals surface area contributed by atoms with Gasteiger partial charge < -0.3 is 20.4 Å². The topological polar surface area (TPSA) is 98.8 Å². The number of carbonyl (C=O) groups is 4. The average Bonchev–Trinajstić information content (AvgIpc) is 3.14. The van der Waals surface area contributed by atoms with Crippen molar-refractivity contribution in [1.82, 2.24) is 20.4 Å². The lowest BCUT2D eigenvalue weighted by Gasteiger charge is -2.31. The number of nitrogens with one attached hydrogen (secondary N) is 2. The van der Waals surface area contributed by atoms with Gasteiger partial charge in [-0.25, -0.2) is 0 Å². The molecule has 4 amide bonds. The maximum absolute atomic E-state index is 14.5. The molecule has 0 saturated heterocycles. The highest BCUT2D eigenvalue weighted by Crippen LogP contribution is 2.30. The van der Waals surface area contributed by atoms with Crippen LogP contribution in [0.2, 0.25) is 10.0 Å². The minimum Gasteiger partial charge on any atom is -0.350 e. The molecule has 0 unspecified atom stereocenters. The third-order valence-electron chi connectivity index (χ3n) is 9.10. The van der Waals surface area contributed by atoms with Crippen molar-refractivity contribution in [3.05, 3.63) is 140 Å². The number of amides is 4. The van der Waals surface area contributed by atoms with Crippen LogP contribution in [0.5, 0.6) is 0 Å². The molecule has 2 bridgehead atoms. The van der Waals surface area contributed by atoms with Crippen LogP contribution >= 0.6 is 23.2 Å². The minimum atomic E-state index is -4.61. The maximum atomic E-state index is 14.5. The molecule has 4 aromatic carbocycles. The Kier molecular flexibility index (Phi) is 13.7. The fourth-order valence-corrected chi connectivity index (χ4v) is 6.47. The van der Waals surface area contributed by atoms with Crippen LogP contribution in [0.1, 0.15) is 38.9 Å². The number of carbonyl (C=O) groups excluding carboxylic acids is 4. The molecule has 0 spiro atoms. The van der Waals surface area contributed by atoms with Gasteiger partial charge in [0.25, 0.3) is 0 Å². The zero-order valence-electron chi connectivity index (χ0n) is 29.7. The van der Waals surface area contributed by atoms with Crippen molar-refractivity contribution in [2.75, 3.05) is 26.2 Å². The first-order valence-corrected chi connectivity index (χ1v) is 18.2. The minimum absolute atomic E-state index is 0.00209. The number of hydrogen-bond acceptors (Lipinski definition) is 4. The molecular weight excluding hydrogens is 785 g/mol. The second kappa shape index (κ2) is 18.2. The smallest absolute Gasteiger partial charge is 0.350 e. The Hall–Kier alpha value is -5.08. The summed E-state index contributed by atoms with van der Waals surface area (Å²) in [7, 11) is 0. The van der Waals surface area contributed by atoms with Gasteiger partial charge in [0.1, 0.15) is 6.04 Å². The van der Waals surface area contributed by atoms with Crippen molar-refractivity contribution >= 4 is 46.8 Å². The Bertz CT molecular complexity index is 2060. The summed E-state index contributed by atoms with van der Waals surface area (Å²) >= 11 is 12.4. The van der Waals surface area contributed by atoms with E-state index in [0.29, 0.717) is 22.3 Å². The molecule has 2 N–H and O–H groups in total. The highest BCUT2D eigenvalue weighted by Gasteiger charge is 2.33. The summed E-state index contributed by atoms with van der Waals surface area (Å²) in [6.45, 7) is -1.49. The Morgan fingerprint density at radius 1 is 0.625 bits per heavy atom. The van der Waals surface area contributed by atoms with Gasteiger partial charge in [0.15, 0.2) is 0 Å². The first-order chi connectivity index (χ1) is 26.4. The van der Waals surface area contributed by atoms with E-state index >= 15 is 0 Å². The summed E-state index contributed by atoms with van der Waals surface area (Å²) in [5.41, 5.74) is 0.650. The van der Waals surface area contributed by atoms with Gasteiger partial charge in [-0.15, -0.1) is 0 Å². The molecule has 0 fully saturated rings. The van der Waals surface area contributed by atoms with E-state index in [4.69, 9.17) is 23.2 Å². The average molecular weight is 822 g/mol. The Morgan fingerprint density at radius 3 is 1.96 bits per heavy atom. The van der Waals surface area contributed by atoms with Crippen LogP contribution in [0.15, 0.2) is 91.0 Å². The summed E-state index contributed by atoms with van der Waals surface area (Å²) in [4.78, 5) is 57.6. The Morgan fingerprint density at radius 2 is 1.27 bits per heavy atom. The second-order valence-electron chi connectivity index (χ2n) is 13.3. The number of hydrogen-bond donors (Lipinski definition) is 2. The number of alkyl halides is 6. The molecule has 4 aromatic rings. The molecular formula is C40H36Cl2F6N4O4. The largest absolute Gasteiger partial charge is 0.416 e. The van der Waals surface area contributed by atoms with E-state index in [1.807, 2.05) is 0 Å². The summed E-state index contributed by atoms with van der Waals surface area (Å²) in [6.07, 6.45) is -9.48. The normalized spacial score (nSPS) is 16.5. The summed E-state index contributed by atoms with van der Waals surface area (Å²) in [5, 5.41) is 5.94. The van der Waals surface area contributed by atoms with Gasteiger partial charge in [0, 0.05) is 26.1 Å². The monoisotopic (exact) mass is 820 g/mol. The van der Waals surface area contributed by atoms with E-state index in [2.05, 4.69) is 10.6 Å². The fraction of sp³-hybridized carbons (Fsp3) is 0.300. The molecule has 0 saturated carbocycles. The molecule has 0 aliphatic carbocycles. The standard InChI is InChI=1S/C40H36Cl2F6N4O4/c41-32-12-9-28(19-33(32)42)20-34-38(56)52(16-13-25-7-10-30(11-8-25)39(43,44)45)24-37(55)51(15-14-26-3-2-6-31(18-26)40(46,47)48)23-36(54)49-22-29-5-1-4-27(17-29)21-35(53)50-34/h1-12,17-19,34H,13-16,20-24H2,(H,49,54)(H,50,53)/t34-/m1/s1. The Balaban J connectivity index is 1.50. The third-order valence-corrected chi connectivity index (χ3v) is 9.84. The van der Waals surface area contributed by atoms with Gasteiger partial charge in [-0.3, -0.25) is 19.2 Å². The van der Waals surface area contributed by atoms with Crippen LogP contribution in [-0.4, -0.2) is 65.6 Å². The number of benzene rings is 4. The molecule has 296 valence electrons. The van der Waals surface area contributed by atoms with E-state index in [0.717, 1.165) is 34.1 Å². The number of halogens is 8. The van der Waals surface area contributed by atoms with Crippen LogP contribution < -0.4 is 10.6 Å². The SMILES string of the molecule is O=C1CN(CCc2cccc(C(F)(F)F)c2)C(=O)CN(CCc2ccc(C(F)(F)F)cc2)C(=O)[C@@H](Cc2ccc(Cl)c(Cl)c2)NC(=O)Cc2cccc(c2)CN1.